The zero-order chi connectivity index (χ0) is 69.5. The lowest BCUT2D eigenvalue weighted by Crippen LogP contribution is -2.44. The largest absolute Gasteiger partial charge is 0.370 e. The Morgan fingerprint density at radius 2 is 0.873 bits per heavy atom. The number of piperidine rings is 1. The zero-order valence-electron chi connectivity index (χ0n) is 58.3. The van der Waals surface area contributed by atoms with Gasteiger partial charge in [-0.1, -0.05) is 43.7 Å². The van der Waals surface area contributed by atoms with Crippen LogP contribution in [0.2, 0.25) is 0 Å². The van der Waals surface area contributed by atoms with Crippen molar-refractivity contribution in [3.63, 3.8) is 0 Å². The Bertz CT molecular complexity index is 4990. The maximum Gasteiger partial charge on any atom is 0.254 e. The molecule has 8 aromatic heterocycles. The number of pyridine rings is 6. The van der Waals surface area contributed by atoms with E-state index in [9.17, 15) is 14.4 Å². The molecule has 7 N–H and O–H groups in total. The highest BCUT2D eigenvalue weighted by molar-refractivity contribution is 6.09. The average Bonchev–Trinajstić information content (AvgIpc) is 1.59. The van der Waals surface area contributed by atoms with Crippen molar-refractivity contribution in [2.75, 3.05) is 122 Å². The van der Waals surface area contributed by atoms with E-state index in [1.54, 1.807) is 0 Å². The molecule has 18 rings (SSSR count). The van der Waals surface area contributed by atoms with Gasteiger partial charge in [-0.25, -0.2) is 29.0 Å². The molecular formula is C79H84N20O3. The van der Waals surface area contributed by atoms with Crippen molar-refractivity contribution in [1.82, 2.24) is 65.3 Å². The molecule has 0 bridgehead atoms. The van der Waals surface area contributed by atoms with Crippen molar-refractivity contribution >= 4 is 86.2 Å². The number of amides is 3. The lowest BCUT2D eigenvalue weighted by atomic mass is 9.92. The van der Waals surface area contributed by atoms with Crippen molar-refractivity contribution in [2.45, 2.75) is 66.1 Å². The summed E-state index contributed by atoms with van der Waals surface area (Å²) in [7, 11) is 4.23. The molecule has 3 fully saturated rings. The zero-order valence-corrected chi connectivity index (χ0v) is 58.3. The first kappa shape index (κ1) is 65.2. The standard InChI is InChI=1S/C28H32N6O.C26H27N7O.C25H25N7O/c1-3-18-9-14-34(15-10-18)19-4-7-25(30-16-19)32-24-6-5-20(23-17-31-28(35)26(23)24)21-8-12-29-27-22(21)11-13-33(27)2;1-17-3-7-23-20(15-29-33(23)16-17)19-5-6-22(25-21(19)14-28-26(25)34)30-24-8-4-18(13-27-24)32-11-9-31(2)10-12-32;1-16-2-6-22-19(14-29-32(22)15-16)18-4-5-21(24-20(18)13-28-25(24)33)30-23-7-3-17(12-27-23)31-10-8-26-9-11-31/h4-8,12,16,18H,3,9-11,13-15,17H2,1-2H3,(H,30,32)(H,31,35);3-8,13,15-16H,9-12,14H2,1-2H3,(H,27,30)(H,28,34);2-7,12,14-15,26H,8-11,13H2,1H3,(H,27,30)(H,28,33). The normalized spacial score (nSPS) is 16.3. The number of aryl methyl sites for hydroxylation is 2. The molecule has 3 amide bonds. The van der Waals surface area contributed by atoms with Crippen LogP contribution in [0, 0.1) is 19.8 Å². The van der Waals surface area contributed by atoms with Crippen LogP contribution in [-0.4, -0.2) is 148 Å². The molecule has 7 aliphatic rings. The molecule has 0 spiro atoms. The number of nitrogens with one attached hydrogen (secondary N) is 7. The second kappa shape index (κ2) is 27.9. The van der Waals surface area contributed by atoms with Gasteiger partial charge < -0.3 is 61.7 Å². The fraction of sp³-hybridized carbons (Fsp3) is 0.304. The number of aromatic nitrogens is 8. The van der Waals surface area contributed by atoms with Gasteiger partial charge in [0.25, 0.3) is 17.7 Å². The summed E-state index contributed by atoms with van der Waals surface area (Å²) in [5.41, 5.74) is 22.8. The van der Waals surface area contributed by atoms with Gasteiger partial charge in [0.05, 0.1) is 92.8 Å². The summed E-state index contributed by atoms with van der Waals surface area (Å²) in [5, 5.41) is 31.5. The van der Waals surface area contributed by atoms with Crippen LogP contribution in [0.1, 0.15) is 90.6 Å². The highest BCUT2D eigenvalue weighted by Crippen LogP contribution is 2.42. The molecule has 0 saturated carbocycles. The third kappa shape index (κ3) is 12.9. The van der Waals surface area contributed by atoms with Gasteiger partial charge >= 0.3 is 0 Å². The van der Waals surface area contributed by atoms with E-state index in [1.165, 1.54) is 36.1 Å². The Balaban J connectivity index is 0.000000118. The summed E-state index contributed by atoms with van der Waals surface area (Å²) in [6, 6.07) is 34.8. The first-order valence-corrected chi connectivity index (χ1v) is 35.6. The van der Waals surface area contributed by atoms with E-state index in [-0.39, 0.29) is 17.7 Å². The lowest BCUT2D eigenvalue weighted by molar-refractivity contribution is 0.0958. The predicted molar refractivity (Wildman–Crippen MR) is 403 cm³/mol. The minimum atomic E-state index is -0.0703. The van der Waals surface area contributed by atoms with E-state index >= 15 is 0 Å². The van der Waals surface area contributed by atoms with Crippen molar-refractivity contribution < 1.29 is 14.4 Å². The quantitative estimate of drug-likeness (QED) is 0.0568. The Hall–Kier alpha value is -11.4. The fourth-order valence-electron chi connectivity index (χ4n) is 15.3. The molecule has 0 unspecified atom stereocenters. The third-order valence-electron chi connectivity index (χ3n) is 21.1. The number of carbonyl (C=O) groups excluding carboxylic acids is 3. The van der Waals surface area contributed by atoms with Gasteiger partial charge in [0.1, 0.15) is 23.3 Å². The minimum Gasteiger partial charge on any atom is -0.370 e. The van der Waals surface area contributed by atoms with Crippen molar-refractivity contribution in [3.05, 3.63) is 203 Å². The van der Waals surface area contributed by atoms with Crippen LogP contribution in [0.5, 0.6) is 0 Å². The molecule has 0 atom stereocenters. The summed E-state index contributed by atoms with van der Waals surface area (Å²) in [4.78, 5) is 68.5. The van der Waals surface area contributed by atoms with Crippen molar-refractivity contribution in [1.29, 1.82) is 0 Å². The molecule has 7 aliphatic heterocycles. The number of hydrogen-bond donors (Lipinski definition) is 7. The predicted octanol–water partition coefficient (Wildman–Crippen LogP) is 11.3. The number of rotatable bonds is 13. The first-order chi connectivity index (χ1) is 49.9. The molecule has 23 nitrogen and oxygen atoms in total. The summed E-state index contributed by atoms with van der Waals surface area (Å²) in [6.07, 6.45) is 20.1. The number of carbonyl (C=O) groups is 3. The number of piperazine rings is 2. The van der Waals surface area contributed by atoms with Crippen LogP contribution in [0.3, 0.4) is 0 Å². The van der Waals surface area contributed by atoms with E-state index in [2.05, 4.69) is 180 Å². The molecule has 518 valence electrons. The van der Waals surface area contributed by atoms with Crippen LogP contribution in [0.4, 0.5) is 57.4 Å². The number of likely N-dealkylation sites (N-methyl/N-ethyl adjacent to an activating group) is 2. The number of nitrogens with zero attached hydrogens (tertiary/aromatic N) is 13. The van der Waals surface area contributed by atoms with E-state index in [1.807, 2.05) is 109 Å². The summed E-state index contributed by atoms with van der Waals surface area (Å²) in [6.45, 7) is 19.1. The van der Waals surface area contributed by atoms with Gasteiger partial charge in [0.2, 0.25) is 0 Å². The number of anilines is 10. The second-order valence-corrected chi connectivity index (χ2v) is 27.6. The maximum atomic E-state index is 12.9. The SMILES string of the molecule is CCC1CCN(c2ccc(Nc3ccc(-c4ccnc5c4CCN5C)c4c3C(=O)NC4)nc2)CC1.Cc1ccc2c(-c3ccc(Nc4ccc(N5CCN(C)CC5)cn4)c4c3CNC4=O)cnn2c1.Cc1ccc2c(-c3ccc(Nc4ccc(N5CCNCC5)cn4)c4c3CNC4=O)cnn2c1. The Morgan fingerprint density at radius 1 is 0.441 bits per heavy atom. The Morgan fingerprint density at radius 3 is 1.31 bits per heavy atom. The Kier molecular flexibility index (Phi) is 17.9. The van der Waals surface area contributed by atoms with Gasteiger partial charge in [0, 0.05) is 134 Å². The van der Waals surface area contributed by atoms with Gasteiger partial charge in [0.15, 0.2) is 0 Å². The smallest absolute Gasteiger partial charge is 0.254 e. The molecule has 15 heterocycles. The first-order valence-electron chi connectivity index (χ1n) is 35.6. The van der Waals surface area contributed by atoms with Gasteiger partial charge in [-0.15, -0.1) is 0 Å². The lowest BCUT2D eigenvalue weighted by Gasteiger charge is -2.33. The molecule has 11 aromatic rings. The highest BCUT2D eigenvalue weighted by atomic mass is 16.2. The van der Waals surface area contributed by atoms with E-state index in [0.29, 0.717) is 36.3 Å². The Labute approximate surface area is 592 Å². The second-order valence-electron chi connectivity index (χ2n) is 27.6. The van der Waals surface area contributed by atoms with Crippen LogP contribution in [-0.2, 0) is 26.1 Å². The van der Waals surface area contributed by atoms with Gasteiger partial charge in [-0.05, 0) is 169 Å². The van der Waals surface area contributed by atoms with Crippen LogP contribution < -0.4 is 56.8 Å². The van der Waals surface area contributed by atoms with Crippen LogP contribution >= 0.6 is 0 Å². The number of benzene rings is 3. The van der Waals surface area contributed by atoms with E-state index < -0.39 is 0 Å². The topological polar surface area (TPSA) is 238 Å². The molecule has 3 saturated heterocycles. The monoisotopic (exact) mass is 1360 g/mol. The number of fused-ring (bicyclic) bond motifs is 6. The van der Waals surface area contributed by atoms with Crippen LogP contribution in [0.25, 0.3) is 44.4 Å². The molecule has 0 aliphatic carbocycles. The van der Waals surface area contributed by atoms with Gasteiger partial charge in [-0.3, -0.25) is 14.4 Å². The van der Waals surface area contributed by atoms with E-state index in [4.69, 9.17) is 0 Å². The fourth-order valence-corrected chi connectivity index (χ4v) is 15.3. The molecule has 3 aromatic carbocycles. The summed E-state index contributed by atoms with van der Waals surface area (Å²) >= 11 is 0. The van der Waals surface area contributed by atoms with Gasteiger partial charge in [-0.2, -0.15) is 10.2 Å². The summed E-state index contributed by atoms with van der Waals surface area (Å²) < 4.78 is 3.77. The summed E-state index contributed by atoms with van der Waals surface area (Å²) in [5.74, 6) is 3.90. The third-order valence-corrected chi connectivity index (χ3v) is 21.1. The minimum absolute atomic E-state index is 0.0393. The highest BCUT2D eigenvalue weighted by Gasteiger charge is 2.32. The average molecular weight is 1360 g/mol. The molecule has 102 heavy (non-hydrogen) atoms. The molecule has 0 radical (unpaired) electrons. The van der Waals surface area contributed by atoms with Crippen LogP contribution in [0.15, 0.2) is 153 Å². The van der Waals surface area contributed by atoms with Crippen molar-refractivity contribution in [2.24, 2.45) is 5.92 Å². The molecule has 23 heteroatoms. The van der Waals surface area contributed by atoms with Crippen molar-refractivity contribution in [3.8, 4) is 33.4 Å². The molecular weight excluding hydrogens is 1280 g/mol. The number of hydrogen-bond acceptors (Lipinski definition) is 18. The maximum absolute atomic E-state index is 12.9. The van der Waals surface area contributed by atoms with E-state index in [0.717, 1.165) is 203 Å².